The number of hydrogen-bond donors (Lipinski definition) is 2. The molecule has 2 rings (SSSR count). The van der Waals surface area contributed by atoms with Gasteiger partial charge in [-0.1, -0.05) is 44.1 Å². The van der Waals surface area contributed by atoms with Crippen LogP contribution in [0, 0.1) is 12.8 Å². The van der Waals surface area contributed by atoms with Gasteiger partial charge in [0.15, 0.2) is 0 Å². The zero-order valence-electron chi connectivity index (χ0n) is 12.6. The summed E-state index contributed by atoms with van der Waals surface area (Å²) in [6.07, 6.45) is 7.91. The van der Waals surface area contributed by atoms with Crippen molar-refractivity contribution in [3.8, 4) is 0 Å². The van der Waals surface area contributed by atoms with Crippen molar-refractivity contribution in [2.24, 2.45) is 11.7 Å². The highest BCUT2D eigenvalue weighted by atomic mass is 32.1. The van der Waals surface area contributed by atoms with Gasteiger partial charge in [0, 0.05) is 17.3 Å². The number of rotatable bonds is 5. The SMILES string of the molecule is CCCC1CCC(Nc2c(C)cccc2C(N)=S)CC1. The summed E-state index contributed by atoms with van der Waals surface area (Å²) >= 11 is 5.17. The second-order valence-corrected chi connectivity index (χ2v) is 6.45. The molecule has 3 N–H and O–H groups in total. The Hall–Kier alpha value is -1.09. The lowest BCUT2D eigenvalue weighted by molar-refractivity contribution is 0.319. The van der Waals surface area contributed by atoms with Gasteiger partial charge in [0.25, 0.3) is 0 Å². The molecule has 0 spiro atoms. The smallest absolute Gasteiger partial charge is 0.106 e. The van der Waals surface area contributed by atoms with E-state index in [1.165, 1.54) is 44.1 Å². The molecule has 0 aliphatic heterocycles. The van der Waals surface area contributed by atoms with Crippen LogP contribution in [-0.4, -0.2) is 11.0 Å². The van der Waals surface area contributed by atoms with Crippen LogP contribution in [0.4, 0.5) is 5.69 Å². The molecule has 0 saturated heterocycles. The quantitative estimate of drug-likeness (QED) is 0.789. The second-order valence-electron chi connectivity index (χ2n) is 6.01. The van der Waals surface area contributed by atoms with E-state index in [9.17, 15) is 0 Å². The lowest BCUT2D eigenvalue weighted by atomic mass is 9.83. The van der Waals surface area contributed by atoms with E-state index in [-0.39, 0.29) is 0 Å². The van der Waals surface area contributed by atoms with Gasteiger partial charge in [-0.15, -0.1) is 0 Å². The number of aryl methyl sites for hydroxylation is 1. The third-order valence-corrected chi connectivity index (χ3v) is 4.65. The molecule has 2 nitrogen and oxygen atoms in total. The van der Waals surface area contributed by atoms with Crippen LogP contribution in [0.25, 0.3) is 0 Å². The maximum Gasteiger partial charge on any atom is 0.106 e. The van der Waals surface area contributed by atoms with Gasteiger partial charge in [0.2, 0.25) is 0 Å². The average Bonchev–Trinajstić information content (AvgIpc) is 2.43. The number of hydrogen-bond acceptors (Lipinski definition) is 2. The van der Waals surface area contributed by atoms with E-state index in [0.717, 1.165) is 17.2 Å². The fourth-order valence-electron chi connectivity index (χ4n) is 3.27. The van der Waals surface area contributed by atoms with Gasteiger partial charge in [-0.2, -0.15) is 0 Å². The molecule has 0 bridgehead atoms. The van der Waals surface area contributed by atoms with Gasteiger partial charge in [-0.3, -0.25) is 0 Å². The van der Waals surface area contributed by atoms with Crippen LogP contribution in [0.15, 0.2) is 18.2 Å². The summed E-state index contributed by atoms with van der Waals surface area (Å²) in [6.45, 7) is 4.40. The summed E-state index contributed by atoms with van der Waals surface area (Å²) in [4.78, 5) is 0.482. The van der Waals surface area contributed by atoms with Crippen molar-refractivity contribution in [1.82, 2.24) is 0 Å². The molecule has 1 aliphatic carbocycles. The first-order chi connectivity index (χ1) is 9.61. The van der Waals surface area contributed by atoms with Crippen molar-refractivity contribution >= 4 is 22.9 Å². The fourth-order valence-corrected chi connectivity index (χ4v) is 3.44. The molecule has 1 aliphatic rings. The van der Waals surface area contributed by atoms with Gasteiger partial charge in [-0.05, 0) is 50.2 Å². The first-order valence-corrected chi connectivity index (χ1v) is 8.18. The highest BCUT2D eigenvalue weighted by Crippen LogP contribution is 2.31. The van der Waals surface area contributed by atoms with E-state index >= 15 is 0 Å². The first kappa shape index (κ1) is 15.3. The largest absolute Gasteiger partial charge is 0.389 e. The summed E-state index contributed by atoms with van der Waals surface area (Å²) in [5, 5.41) is 3.69. The molecule has 0 radical (unpaired) electrons. The van der Waals surface area contributed by atoms with Crippen molar-refractivity contribution in [3.63, 3.8) is 0 Å². The van der Waals surface area contributed by atoms with Crippen LogP contribution >= 0.6 is 12.2 Å². The lowest BCUT2D eigenvalue weighted by Gasteiger charge is -2.30. The minimum atomic E-state index is 0.482. The van der Waals surface area contributed by atoms with Gasteiger partial charge < -0.3 is 11.1 Å². The molecule has 0 amide bonds. The second kappa shape index (κ2) is 7.07. The summed E-state index contributed by atoms with van der Waals surface area (Å²) in [5.41, 5.74) is 9.19. The third kappa shape index (κ3) is 3.72. The van der Waals surface area contributed by atoms with Crippen LogP contribution in [0.3, 0.4) is 0 Å². The number of thiocarbonyl (C=S) groups is 1. The molecular formula is C17H26N2S. The Bertz CT molecular complexity index is 462. The molecule has 110 valence electrons. The van der Waals surface area contributed by atoms with E-state index in [1.54, 1.807) is 0 Å². The predicted octanol–water partition coefficient (Wildman–Crippen LogP) is 4.40. The van der Waals surface area contributed by atoms with Crippen molar-refractivity contribution in [3.05, 3.63) is 29.3 Å². The third-order valence-electron chi connectivity index (χ3n) is 4.43. The number of para-hydroxylation sites is 1. The average molecular weight is 290 g/mol. The highest BCUT2D eigenvalue weighted by Gasteiger charge is 2.21. The van der Waals surface area contributed by atoms with E-state index in [2.05, 4.69) is 25.2 Å². The summed E-state index contributed by atoms with van der Waals surface area (Å²) < 4.78 is 0. The highest BCUT2D eigenvalue weighted by molar-refractivity contribution is 7.80. The van der Waals surface area contributed by atoms with Crippen molar-refractivity contribution in [2.75, 3.05) is 5.32 Å². The van der Waals surface area contributed by atoms with E-state index in [0.29, 0.717) is 11.0 Å². The Labute approximate surface area is 128 Å². The molecule has 20 heavy (non-hydrogen) atoms. The van der Waals surface area contributed by atoms with Crippen LogP contribution in [0.2, 0.25) is 0 Å². The first-order valence-electron chi connectivity index (χ1n) is 7.77. The van der Waals surface area contributed by atoms with Gasteiger partial charge in [-0.25, -0.2) is 0 Å². The van der Waals surface area contributed by atoms with Crippen LogP contribution in [0.5, 0.6) is 0 Å². The normalized spacial score (nSPS) is 22.5. The topological polar surface area (TPSA) is 38.0 Å². The van der Waals surface area contributed by atoms with Gasteiger partial charge in [0.1, 0.15) is 4.99 Å². The minimum absolute atomic E-state index is 0.482. The molecule has 0 heterocycles. The Morgan fingerprint density at radius 3 is 2.60 bits per heavy atom. The monoisotopic (exact) mass is 290 g/mol. The van der Waals surface area contributed by atoms with Gasteiger partial charge >= 0.3 is 0 Å². The van der Waals surface area contributed by atoms with Crippen molar-refractivity contribution in [1.29, 1.82) is 0 Å². The fraction of sp³-hybridized carbons (Fsp3) is 0.588. The van der Waals surface area contributed by atoms with Crippen molar-refractivity contribution in [2.45, 2.75) is 58.4 Å². The van der Waals surface area contributed by atoms with Crippen LogP contribution in [-0.2, 0) is 0 Å². The van der Waals surface area contributed by atoms with E-state index in [4.69, 9.17) is 18.0 Å². The molecule has 1 saturated carbocycles. The molecule has 0 atom stereocenters. The van der Waals surface area contributed by atoms with E-state index < -0.39 is 0 Å². The zero-order valence-corrected chi connectivity index (χ0v) is 13.4. The van der Waals surface area contributed by atoms with Crippen LogP contribution in [0.1, 0.15) is 56.6 Å². The number of benzene rings is 1. The summed E-state index contributed by atoms with van der Waals surface area (Å²) in [6, 6.07) is 6.72. The minimum Gasteiger partial charge on any atom is -0.389 e. The molecule has 3 heteroatoms. The molecule has 0 aromatic heterocycles. The lowest BCUT2D eigenvalue weighted by Crippen LogP contribution is -2.27. The maximum atomic E-state index is 5.84. The summed E-state index contributed by atoms with van der Waals surface area (Å²) in [7, 11) is 0. The predicted molar refractivity (Wildman–Crippen MR) is 91.3 cm³/mol. The number of nitrogens with two attached hydrogens (primary N) is 1. The maximum absolute atomic E-state index is 5.84. The van der Waals surface area contributed by atoms with Crippen molar-refractivity contribution < 1.29 is 0 Å². The molecule has 0 unspecified atom stereocenters. The molecule has 1 aromatic carbocycles. The Morgan fingerprint density at radius 2 is 2.00 bits per heavy atom. The Kier molecular flexibility index (Phi) is 5.41. The number of nitrogens with one attached hydrogen (secondary N) is 1. The standard InChI is InChI=1S/C17H26N2S/c1-3-5-13-8-10-14(11-9-13)19-16-12(2)6-4-7-15(16)17(18)20/h4,6-7,13-14,19H,3,5,8-11H2,1-2H3,(H2,18,20). The Balaban J connectivity index is 2.03. The van der Waals surface area contributed by atoms with Gasteiger partial charge in [0.05, 0.1) is 0 Å². The van der Waals surface area contributed by atoms with Crippen LogP contribution < -0.4 is 11.1 Å². The summed E-state index contributed by atoms with van der Waals surface area (Å²) in [5.74, 6) is 0.935. The molecule has 1 fully saturated rings. The molecular weight excluding hydrogens is 264 g/mol. The number of anilines is 1. The zero-order chi connectivity index (χ0) is 14.5. The Morgan fingerprint density at radius 1 is 1.30 bits per heavy atom. The molecule has 1 aromatic rings. The van der Waals surface area contributed by atoms with E-state index in [1.807, 2.05) is 12.1 Å².